The summed E-state index contributed by atoms with van der Waals surface area (Å²) in [6.45, 7) is 0.0212. The molecule has 0 unspecified atom stereocenters. The molecule has 0 spiro atoms. The van der Waals surface area contributed by atoms with Gasteiger partial charge in [0.25, 0.3) is 0 Å². The van der Waals surface area contributed by atoms with E-state index < -0.39 is 0 Å². The Morgan fingerprint density at radius 3 is 2.75 bits per heavy atom. The smallest absolute Gasteiger partial charge is 0.142 e. The minimum atomic E-state index is 0.0212. The van der Waals surface area contributed by atoms with Gasteiger partial charge in [0.15, 0.2) is 0 Å². The van der Waals surface area contributed by atoms with Crippen LogP contribution in [0.25, 0.3) is 0 Å². The van der Waals surface area contributed by atoms with E-state index in [4.69, 9.17) is 9.84 Å². The molecule has 0 aliphatic rings. The summed E-state index contributed by atoms with van der Waals surface area (Å²) in [4.78, 5) is 0. The average molecular weight is 167 g/mol. The van der Waals surface area contributed by atoms with Crippen molar-refractivity contribution in [3.63, 3.8) is 0 Å². The minimum Gasteiger partial charge on any atom is -0.495 e. The van der Waals surface area contributed by atoms with Gasteiger partial charge in [-0.05, 0) is 6.07 Å². The van der Waals surface area contributed by atoms with Crippen molar-refractivity contribution in [1.82, 2.24) is 0 Å². The third-order valence-corrected chi connectivity index (χ3v) is 1.75. The number of nitrogens with one attached hydrogen (secondary N) is 1. The van der Waals surface area contributed by atoms with Gasteiger partial charge in [0.05, 0.1) is 19.4 Å². The van der Waals surface area contributed by atoms with Crippen LogP contribution in [0.4, 0.5) is 5.69 Å². The lowest BCUT2D eigenvalue weighted by Crippen LogP contribution is -1.98. The lowest BCUT2D eigenvalue weighted by molar-refractivity contribution is 0.282. The highest BCUT2D eigenvalue weighted by Crippen LogP contribution is 2.27. The number of ether oxygens (including phenoxy) is 1. The SMILES string of the molecule is CNc1c(CO)cccc1OC. The molecular formula is C9H13NO2. The summed E-state index contributed by atoms with van der Waals surface area (Å²) in [6.07, 6.45) is 0. The van der Waals surface area contributed by atoms with Gasteiger partial charge in [-0.1, -0.05) is 12.1 Å². The summed E-state index contributed by atoms with van der Waals surface area (Å²) in [5.41, 5.74) is 1.69. The minimum absolute atomic E-state index is 0.0212. The Hall–Kier alpha value is -1.22. The molecule has 0 fully saturated rings. The van der Waals surface area contributed by atoms with Crippen LogP contribution < -0.4 is 10.1 Å². The fourth-order valence-corrected chi connectivity index (χ4v) is 1.16. The maximum Gasteiger partial charge on any atom is 0.142 e. The quantitative estimate of drug-likeness (QED) is 0.711. The largest absolute Gasteiger partial charge is 0.495 e. The fourth-order valence-electron chi connectivity index (χ4n) is 1.16. The third-order valence-electron chi connectivity index (χ3n) is 1.75. The molecule has 0 aliphatic heterocycles. The number of anilines is 1. The summed E-state index contributed by atoms with van der Waals surface area (Å²) in [5, 5.41) is 12.0. The number of para-hydroxylation sites is 1. The summed E-state index contributed by atoms with van der Waals surface area (Å²) < 4.78 is 5.11. The molecule has 3 heteroatoms. The number of aliphatic hydroxyl groups excluding tert-OH is 1. The van der Waals surface area contributed by atoms with Gasteiger partial charge < -0.3 is 15.2 Å². The van der Waals surface area contributed by atoms with Crippen molar-refractivity contribution in [2.45, 2.75) is 6.61 Å². The van der Waals surface area contributed by atoms with E-state index in [0.29, 0.717) is 0 Å². The van der Waals surface area contributed by atoms with Crippen LogP contribution in [0.1, 0.15) is 5.56 Å². The van der Waals surface area contributed by atoms with E-state index in [-0.39, 0.29) is 6.61 Å². The molecule has 0 heterocycles. The van der Waals surface area contributed by atoms with Crippen LogP contribution in [0.2, 0.25) is 0 Å². The number of methoxy groups -OCH3 is 1. The van der Waals surface area contributed by atoms with Crippen molar-refractivity contribution in [3.05, 3.63) is 23.8 Å². The molecule has 0 saturated heterocycles. The maximum absolute atomic E-state index is 8.97. The van der Waals surface area contributed by atoms with Crippen LogP contribution in [-0.4, -0.2) is 19.3 Å². The van der Waals surface area contributed by atoms with E-state index in [1.807, 2.05) is 18.2 Å². The van der Waals surface area contributed by atoms with Crippen molar-refractivity contribution in [3.8, 4) is 5.75 Å². The zero-order valence-electron chi connectivity index (χ0n) is 7.29. The van der Waals surface area contributed by atoms with E-state index in [1.165, 1.54) is 0 Å². The summed E-state index contributed by atoms with van der Waals surface area (Å²) in [5.74, 6) is 0.754. The lowest BCUT2D eigenvalue weighted by atomic mass is 10.2. The predicted molar refractivity (Wildman–Crippen MR) is 48.5 cm³/mol. The van der Waals surface area contributed by atoms with Gasteiger partial charge in [-0.3, -0.25) is 0 Å². The second-order valence-corrected chi connectivity index (χ2v) is 2.40. The van der Waals surface area contributed by atoms with Gasteiger partial charge in [-0.25, -0.2) is 0 Å². The second kappa shape index (κ2) is 3.97. The van der Waals surface area contributed by atoms with Crippen LogP contribution in [0.5, 0.6) is 5.75 Å². The molecule has 2 N–H and O–H groups in total. The molecule has 1 aromatic rings. The average Bonchev–Trinajstić information content (AvgIpc) is 2.16. The molecule has 12 heavy (non-hydrogen) atoms. The zero-order valence-corrected chi connectivity index (χ0v) is 7.29. The summed E-state index contributed by atoms with van der Waals surface area (Å²) in [7, 11) is 3.41. The van der Waals surface area contributed by atoms with Gasteiger partial charge in [-0.15, -0.1) is 0 Å². The Labute approximate surface area is 72.0 Å². The lowest BCUT2D eigenvalue weighted by Gasteiger charge is -2.11. The van der Waals surface area contributed by atoms with Crippen LogP contribution in [0.3, 0.4) is 0 Å². The van der Waals surface area contributed by atoms with E-state index >= 15 is 0 Å². The van der Waals surface area contributed by atoms with Gasteiger partial charge in [-0.2, -0.15) is 0 Å². The second-order valence-electron chi connectivity index (χ2n) is 2.40. The molecule has 3 nitrogen and oxygen atoms in total. The molecule has 0 saturated carbocycles. The summed E-state index contributed by atoms with van der Waals surface area (Å²) in [6, 6.07) is 5.56. The van der Waals surface area contributed by atoms with Gasteiger partial charge >= 0.3 is 0 Å². The molecule has 1 aromatic carbocycles. The van der Waals surface area contributed by atoms with Crippen LogP contribution in [0.15, 0.2) is 18.2 Å². The highest BCUT2D eigenvalue weighted by atomic mass is 16.5. The normalized spacial score (nSPS) is 9.58. The Balaban J connectivity index is 3.13. The third kappa shape index (κ3) is 1.51. The number of rotatable bonds is 3. The highest BCUT2D eigenvalue weighted by molar-refractivity contribution is 5.61. The molecule has 0 bridgehead atoms. The molecule has 66 valence electrons. The maximum atomic E-state index is 8.97. The topological polar surface area (TPSA) is 41.5 Å². The number of hydrogen-bond donors (Lipinski definition) is 2. The first-order valence-corrected chi connectivity index (χ1v) is 3.78. The Kier molecular flexibility index (Phi) is 2.94. The van der Waals surface area contributed by atoms with Crippen LogP contribution in [-0.2, 0) is 6.61 Å². The molecule has 0 atom stereocenters. The first-order chi connectivity index (χ1) is 5.83. The number of aliphatic hydroxyl groups is 1. The van der Waals surface area contributed by atoms with Gasteiger partial charge in [0.2, 0.25) is 0 Å². The summed E-state index contributed by atoms with van der Waals surface area (Å²) >= 11 is 0. The Morgan fingerprint density at radius 2 is 2.25 bits per heavy atom. The monoisotopic (exact) mass is 167 g/mol. The first-order valence-electron chi connectivity index (χ1n) is 3.78. The molecule has 0 aromatic heterocycles. The zero-order chi connectivity index (χ0) is 8.97. The predicted octanol–water partition coefficient (Wildman–Crippen LogP) is 1.23. The van der Waals surface area contributed by atoms with Crippen molar-refractivity contribution >= 4 is 5.69 Å². The standard InChI is InChI=1S/C9H13NO2/c1-10-9-7(6-11)4-3-5-8(9)12-2/h3-5,10-11H,6H2,1-2H3. The van der Waals surface area contributed by atoms with Crippen molar-refractivity contribution in [2.75, 3.05) is 19.5 Å². The van der Waals surface area contributed by atoms with Crippen molar-refractivity contribution in [2.24, 2.45) is 0 Å². The van der Waals surface area contributed by atoms with E-state index in [9.17, 15) is 0 Å². The van der Waals surface area contributed by atoms with E-state index in [1.54, 1.807) is 14.2 Å². The van der Waals surface area contributed by atoms with Gasteiger partial charge in [0, 0.05) is 12.6 Å². The van der Waals surface area contributed by atoms with Gasteiger partial charge in [0.1, 0.15) is 5.75 Å². The Morgan fingerprint density at radius 1 is 1.50 bits per heavy atom. The van der Waals surface area contributed by atoms with Crippen LogP contribution in [0, 0.1) is 0 Å². The fraction of sp³-hybridized carbons (Fsp3) is 0.333. The molecule has 0 amide bonds. The number of hydrogen-bond acceptors (Lipinski definition) is 3. The van der Waals surface area contributed by atoms with E-state index in [2.05, 4.69) is 5.32 Å². The van der Waals surface area contributed by atoms with Crippen molar-refractivity contribution < 1.29 is 9.84 Å². The number of benzene rings is 1. The first kappa shape index (κ1) is 8.87. The Bertz CT molecular complexity index is 238. The van der Waals surface area contributed by atoms with E-state index in [0.717, 1.165) is 17.0 Å². The molecule has 1 rings (SSSR count). The highest BCUT2D eigenvalue weighted by Gasteiger charge is 2.04. The molecule has 0 aliphatic carbocycles. The molecular weight excluding hydrogens is 154 g/mol. The van der Waals surface area contributed by atoms with Crippen LogP contribution >= 0.6 is 0 Å². The van der Waals surface area contributed by atoms with Crippen molar-refractivity contribution in [1.29, 1.82) is 0 Å². The molecule has 0 radical (unpaired) electrons.